The van der Waals surface area contributed by atoms with Gasteiger partial charge in [-0.1, -0.05) is 0 Å². The predicted molar refractivity (Wildman–Crippen MR) is 75.7 cm³/mol. The standard InChI is InChI=1S/C9H21N3.C4H9NO/c1-9(2)11-5-7-12(8-6-11)10(3)4;1-3-6-4-2-5-1/h9H,5-8H2,1-4H3;5H,1-4H2. The van der Waals surface area contributed by atoms with Gasteiger partial charge >= 0.3 is 0 Å². The van der Waals surface area contributed by atoms with E-state index in [0.717, 1.165) is 26.3 Å². The van der Waals surface area contributed by atoms with Crippen LogP contribution in [-0.4, -0.2) is 87.5 Å². The molecule has 1 N–H and O–H groups in total. The van der Waals surface area contributed by atoms with E-state index >= 15 is 0 Å². The van der Waals surface area contributed by atoms with E-state index in [1.54, 1.807) is 0 Å². The molecule has 2 rings (SSSR count). The summed E-state index contributed by atoms with van der Waals surface area (Å²) in [5.41, 5.74) is 0. The van der Waals surface area contributed by atoms with Crippen LogP contribution in [0.5, 0.6) is 0 Å². The molecule has 0 aliphatic carbocycles. The Morgan fingerprint density at radius 3 is 1.83 bits per heavy atom. The lowest BCUT2D eigenvalue weighted by molar-refractivity contribution is -0.0254. The first-order valence-electron chi connectivity index (χ1n) is 7.06. The zero-order valence-corrected chi connectivity index (χ0v) is 12.5. The molecule has 0 aromatic carbocycles. The first-order chi connectivity index (χ1) is 8.61. The molecular weight excluding hydrogens is 228 g/mol. The second-order valence-corrected chi connectivity index (χ2v) is 5.29. The summed E-state index contributed by atoms with van der Waals surface area (Å²) >= 11 is 0. The summed E-state index contributed by atoms with van der Waals surface area (Å²) in [5, 5.41) is 7.74. The van der Waals surface area contributed by atoms with Crippen LogP contribution in [0.25, 0.3) is 0 Å². The van der Waals surface area contributed by atoms with E-state index < -0.39 is 0 Å². The molecule has 0 saturated carbocycles. The lowest BCUT2D eigenvalue weighted by atomic mass is 10.2. The third kappa shape index (κ3) is 6.11. The fraction of sp³-hybridized carbons (Fsp3) is 1.00. The van der Waals surface area contributed by atoms with E-state index in [1.807, 2.05) is 0 Å². The van der Waals surface area contributed by atoms with E-state index in [1.165, 1.54) is 26.2 Å². The van der Waals surface area contributed by atoms with E-state index in [4.69, 9.17) is 4.74 Å². The first-order valence-corrected chi connectivity index (χ1v) is 7.06. The van der Waals surface area contributed by atoms with Crippen molar-refractivity contribution in [2.45, 2.75) is 19.9 Å². The molecule has 2 fully saturated rings. The minimum absolute atomic E-state index is 0.703. The number of ether oxygens (including phenoxy) is 1. The van der Waals surface area contributed by atoms with Crippen LogP contribution in [0.4, 0.5) is 0 Å². The van der Waals surface area contributed by atoms with Gasteiger partial charge in [-0.05, 0) is 13.8 Å². The highest BCUT2D eigenvalue weighted by Gasteiger charge is 2.19. The number of piperazine rings is 1. The minimum Gasteiger partial charge on any atom is -0.379 e. The molecule has 0 unspecified atom stereocenters. The summed E-state index contributed by atoms with van der Waals surface area (Å²) in [5.74, 6) is 0. The van der Waals surface area contributed by atoms with Crippen LogP contribution in [0.3, 0.4) is 0 Å². The first kappa shape index (κ1) is 15.9. The van der Waals surface area contributed by atoms with Gasteiger partial charge in [0.15, 0.2) is 0 Å². The number of morpholine rings is 1. The van der Waals surface area contributed by atoms with Crippen molar-refractivity contribution in [3.63, 3.8) is 0 Å². The zero-order valence-electron chi connectivity index (χ0n) is 12.5. The zero-order chi connectivity index (χ0) is 13.4. The van der Waals surface area contributed by atoms with Gasteiger partial charge in [0, 0.05) is 59.4 Å². The minimum atomic E-state index is 0.703. The molecule has 0 amide bonds. The quantitative estimate of drug-likeness (QED) is 0.759. The summed E-state index contributed by atoms with van der Waals surface area (Å²) in [6.07, 6.45) is 0. The van der Waals surface area contributed by atoms with Crippen molar-refractivity contribution in [3.8, 4) is 0 Å². The van der Waals surface area contributed by atoms with E-state index in [-0.39, 0.29) is 0 Å². The summed E-state index contributed by atoms with van der Waals surface area (Å²) in [6, 6.07) is 0.703. The molecule has 108 valence electrons. The van der Waals surface area contributed by atoms with Crippen LogP contribution in [0.15, 0.2) is 0 Å². The van der Waals surface area contributed by atoms with Gasteiger partial charge in [0.2, 0.25) is 0 Å². The molecular formula is C13H30N4O. The molecule has 5 heteroatoms. The van der Waals surface area contributed by atoms with Crippen LogP contribution in [0.1, 0.15) is 13.8 Å². The Bertz CT molecular complexity index is 172. The van der Waals surface area contributed by atoms with Crippen molar-refractivity contribution in [1.29, 1.82) is 0 Å². The Labute approximate surface area is 112 Å². The van der Waals surface area contributed by atoms with Gasteiger partial charge in [-0.15, -0.1) is 0 Å². The second kappa shape index (κ2) is 8.82. The highest BCUT2D eigenvalue weighted by Crippen LogP contribution is 2.05. The third-order valence-electron chi connectivity index (χ3n) is 3.43. The molecule has 0 radical (unpaired) electrons. The second-order valence-electron chi connectivity index (χ2n) is 5.29. The average Bonchev–Trinajstić information content (AvgIpc) is 2.41. The number of rotatable bonds is 2. The maximum Gasteiger partial charge on any atom is 0.0591 e. The molecule has 5 nitrogen and oxygen atoms in total. The number of hydrazine groups is 1. The number of hydrogen-bond donors (Lipinski definition) is 1. The van der Waals surface area contributed by atoms with Crippen molar-refractivity contribution in [2.24, 2.45) is 0 Å². The lowest BCUT2D eigenvalue weighted by Gasteiger charge is -2.39. The van der Waals surface area contributed by atoms with Gasteiger partial charge < -0.3 is 10.1 Å². The fourth-order valence-electron chi connectivity index (χ4n) is 2.14. The maximum absolute atomic E-state index is 5.01. The van der Waals surface area contributed by atoms with Gasteiger partial charge in [0.25, 0.3) is 0 Å². The molecule has 2 aliphatic heterocycles. The van der Waals surface area contributed by atoms with Crippen LogP contribution in [-0.2, 0) is 4.74 Å². The van der Waals surface area contributed by atoms with Crippen LogP contribution >= 0.6 is 0 Å². The molecule has 2 heterocycles. The normalized spacial score (nSPS) is 23.0. The average molecular weight is 258 g/mol. The molecule has 0 spiro atoms. The van der Waals surface area contributed by atoms with Crippen molar-refractivity contribution in [3.05, 3.63) is 0 Å². The molecule has 2 aliphatic rings. The summed E-state index contributed by atoms with van der Waals surface area (Å²) in [6.45, 7) is 13.1. The summed E-state index contributed by atoms with van der Waals surface area (Å²) in [4.78, 5) is 2.53. The van der Waals surface area contributed by atoms with Crippen LogP contribution < -0.4 is 5.32 Å². The highest BCUT2D eigenvalue weighted by molar-refractivity contribution is 4.71. The van der Waals surface area contributed by atoms with Gasteiger partial charge in [0.05, 0.1) is 13.2 Å². The van der Waals surface area contributed by atoms with Gasteiger partial charge in [-0.25, -0.2) is 10.0 Å². The summed E-state index contributed by atoms with van der Waals surface area (Å²) in [7, 11) is 4.23. The van der Waals surface area contributed by atoms with E-state index in [2.05, 4.69) is 48.2 Å². The van der Waals surface area contributed by atoms with Crippen molar-refractivity contribution in [2.75, 3.05) is 66.6 Å². The summed E-state index contributed by atoms with van der Waals surface area (Å²) < 4.78 is 5.01. The Hall–Kier alpha value is -0.200. The predicted octanol–water partition coefficient (Wildman–Crippen LogP) is 0.0952. The molecule has 18 heavy (non-hydrogen) atoms. The van der Waals surface area contributed by atoms with Crippen molar-refractivity contribution in [1.82, 2.24) is 20.2 Å². The molecule has 0 aromatic heterocycles. The third-order valence-corrected chi connectivity index (χ3v) is 3.43. The highest BCUT2D eigenvalue weighted by atomic mass is 16.5. The maximum atomic E-state index is 5.01. The van der Waals surface area contributed by atoms with Crippen LogP contribution in [0, 0.1) is 0 Å². The Balaban J connectivity index is 0.000000225. The fourth-order valence-corrected chi connectivity index (χ4v) is 2.14. The Kier molecular flexibility index (Phi) is 7.77. The molecule has 0 aromatic rings. The van der Waals surface area contributed by atoms with Gasteiger partial charge in [0.1, 0.15) is 0 Å². The topological polar surface area (TPSA) is 31.0 Å². The van der Waals surface area contributed by atoms with E-state index in [0.29, 0.717) is 6.04 Å². The monoisotopic (exact) mass is 258 g/mol. The number of nitrogens with one attached hydrogen (secondary N) is 1. The Morgan fingerprint density at radius 2 is 1.56 bits per heavy atom. The molecule has 0 atom stereocenters. The number of hydrogen-bond acceptors (Lipinski definition) is 5. The van der Waals surface area contributed by atoms with Crippen LogP contribution in [0.2, 0.25) is 0 Å². The number of nitrogens with zero attached hydrogens (tertiary/aromatic N) is 3. The van der Waals surface area contributed by atoms with Gasteiger partial charge in [-0.2, -0.15) is 0 Å². The van der Waals surface area contributed by atoms with Crippen molar-refractivity contribution < 1.29 is 4.74 Å². The van der Waals surface area contributed by atoms with E-state index in [9.17, 15) is 0 Å². The molecule has 2 saturated heterocycles. The van der Waals surface area contributed by atoms with Crippen molar-refractivity contribution >= 4 is 0 Å². The SMILES string of the molecule is C1COCCN1.CC(C)N1CCN(N(C)C)CC1. The largest absolute Gasteiger partial charge is 0.379 e. The van der Waals surface area contributed by atoms with Gasteiger partial charge in [-0.3, -0.25) is 4.90 Å². The smallest absolute Gasteiger partial charge is 0.0591 e. The molecule has 0 bridgehead atoms. The lowest BCUT2D eigenvalue weighted by Crippen LogP contribution is -2.52. The Morgan fingerprint density at radius 1 is 1.00 bits per heavy atom.